The third-order valence-electron chi connectivity index (χ3n) is 2.38. The first-order valence-electron chi connectivity index (χ1n) is 5.26. The average Bonchev–Trinajstić information content (AvgIpc) is 2.25. The van der Waals surface area contributed by atoms with Crippen LogP contribution in [-0.4, -0.2) is 35.4 Å². The van der Waals surface area contributed by atoms with Crippen molar-refractivity contribution >= 4 is 5.84 Å². The minimum Gasteiger partial charge on any atom is -0.388 e. The van der Waals surface area contributed by atoms with Gasteiger partial charge in [0.1, 0.15) is 0 Å². The molecule has 1 heterocycles. The molecule has 0 radical (unpaired) electrons. The molecule has 1 rings (SSSR count). The van der Waals surface area contributed by atoms with Crippen molar-refractivity contribution in [3.63, 3.8) is 0 Å². The van der Waals surface area contributed by atoms with Crippen LogP contribution < -0.4 is 11.3 Å². The van der Waals surface area contributed by atoms with Crippen LogP contribution in [0.25, 0.3) is 0 Å². The van der Waals surface area contributed by atoms with Gasteiger partial charge in [0.15, 0.2) is 0 Å². The largest absolute Gasteiger partial charge is 0.388 e. The normalized spacial score (nSPS) is 10.6. The van der Waals surface area contributed by atoms with Gasteiger partial charge in [-0.3, -0.25) is 10.2 Å². The Morgan fingerprint density at radius 2 is 2.25 bits per heavy atom. The highest BCUT2D eigenvalue weighted by molar-refractivity contribution is 5.76. The Bertz CT molecular complexity index is 399. The first-order chi connectivity index (χ1) is 7.59. The fraction of sp³-hybridized carbons (Fsp3) is 0.455. The van der Waals surface area contributed by atoms with E-state index >= 15 is 0 Å². The van der Waals surface area contributed by atoms with E-state index in [2.05, 4.69) is 4.90 Å². The summed E-state index contributed by atoms with van der Waals surface area (Å²) in [4.78, 5) is 13.4. The molecule has 1 aromatic heterocycles. The molecule has 5 nitrogen and oxygen atoms in total. The maximum atomic E-state index is 11.4. The summed E-state index contributed by atoms with van der Waals surface area (Å²) in [7, 11) is 1.96. The fourth-order valence-corrected chi connectivity index (χ4v) is 1.35. The number of pyridine rings is 1. The van der Waals surface area contributed by atoms with Gasteiger partial charge in [-0.15, -0.1) is 0 Å². The second-order valence-electron chi connectivity index (χ2n) is 3.81. The zero-order valence-corrected chi connectivity index (χ0v) is 9.52. The minimum absolute atomic E-state index is 0.0162. The third-order valence-corrected chi connectivity index (χ3v) is 2.38. The van der Waals surface area contributed by atoms with Gasteiger partial charge in [0.05, 0.1) is 5.84 Å². The van der Waals surface area contributed by atoms with Crippen molar-refractivity contribution in [2.24, 2.45) is 5.73 Å². The van der Waals surface area contributed by atoms with Crippen LogP contribution in [0.1, 0.15) is 6.42 Å². The minimum atomic E-state index is 0.0162. The number of likely N-dealkylation sites (N-methyl/N-ethyl adjacent to an activating group) is 1. The molecule has 0 aliphatic heterocycles. The average molecular weight is 222 g/mol. The number of rotatable bonds is 6. The maximum Gasteiger partial charge on any atom is 0.250 e. The van der Waals surface area contributed by atoms with Crippen LogP contribution in [0.5, 0.6) is 0 Å². The van der Waals surface area contributed by atoms with Crippen LogP contribution in [-0.2, 0) is 6.54 Å². The van der Waals surface area contributed by atoms with E-state index in [1.54, 1.807) is 22.9 Å². The van der Waals surface area contributed by atoms with Crippen molar-refractivity contribution in [2.75, 3.05) is 20.1 Å². The number of hydrogen-bond donors (Lipinski definition) is 2. The third kappa shape index (κ3) is 4.27. The van der Waals surface area contributed by atoms with Crippen LogP contribution in [0.15, 0.2) is 29.2 Å². The number of aromatic nitrogens is 1. The quantitative estimate of drug-likeness (QED) is 0.530. The Labute approximate surface area is 95.0 Å². The monoisotopic (exact) mass is 222 g/mol. The maximum absolute atomic E-state index is 11.4. The highest BCUT2D eigenvalue weighted by Crippen LogP contribution is 1.89. The van der Waals surface area contributed by atoms with Crippen LogP contribution >= 0.6 is 0 Å². The summed E-state index contributed by atoms with van der Waals surface area (Å²) in [6.07, 6.45) is 2.35. The Morgan fingerprint density at radius 1 is 1.50 bits per heavy atom. The van der Waals surface area contributed by atoms with Crippen molar-refractivity contribution in [1.82, 2.24) is 9.47 Å². The van der Waals surface area contributed by atoms with E-state index in [0.29, 0.717) is 13.0 Å². The molecule has 3 N–H and O–H groups in total. The molecule has 0 unspecified atom stereocenters. The molecule has 0 aromatic carbocycles. The number of nitrogens with zero attached hydrogens (tertiary/aromatic N) is 2. The van der Waals surface area contributed by atoms with Crippen molar-refractivity contribution in [3.8, 4) is 0 Å². The van der Waals surface area contributed by atoms with Crippen molar-refractivity contribution in [2.45, 2.75) is 13.0 Å². The van der Waals surface area contributed by atoms with E-state index in [-0.39, 0.29) is 11.4 Å². The van der Waals surface area contributed by atoms with Gasteiger partial charge < -0.3 is 15.2 Å². The topological polar surface area (TPSA) is 75.1 Å². The van der Waals surface area contributed by atoms with Gasteiger partial charge in [0.2, 0.25) is 0 Å². The lowest BCUT2D eigenvalue weighted by Gasteiger charge is -2.16. The molecule has 0 fully saturated rings. The smallest absolute Gasteiger partial charge is 0.250 e. The van der Waals surface area contributed by atoms with E-state index in [4.69, 9.17) is 11.1 Å². The first-order valence-corrected chi connectivity index (χ1v) is 5.26. The highest BCUT2D eigenvalue weighted by Gasteiger charge is 2.00. The molecule has 5 heteroatoms. The Hall–Kier alpha value is -1.62. The lowest BCUT2D eigenvalue weighted by Crippen LogP contribution is -2.30. The molecule has 0 saturated carbocycles. The van der Waals surface area contributed by atoms with Gasteiger partial charge in [-0.25, -0.2) is 0 Å². The standard InChI is InChI=1S/C11H18N4O/c1-14(7-5-10(12)13)8-9-15-6-3-2-4-11(15)16/h2-4,6H,5,7-9H2,1H3,(H3,12,13). The van der Waals surface area contributed by atoms with E-state index in [1.165, 1.54) is 0 Å². The Morgan fingerprint density at radius 3 is 2.88 bits per heavy atom. The van der Waals surface area contributed by atoms with Gasteiger partial charge in [-0.2, -0.15) is 0 Å². The molecular formula is C11H18N4O. The number of nitrogens with two attached hydrogens (primary N) is 1. The summed E-state index contributed by atoms with van der Waals surface area (Å²) in [6.45, 7) is 2.18. The lowest BCUT2D eigenvalue weighted by molar-refractivity contribution is 0.325. The number of hydrogen-bond acceptors (Lipinski definition) is 3. The van der Waals surface area contributed by atoms with Crippen molar-refractivity contribution in [3.05, 3.63) is 34.7 Å². The Balaban J connectivity index is 2.37. The summed E-state index contributed by atoms with van der Waals surface area (Å²) >= 11 is 0. The van der Waals surface area contributed by atoms with Crippen LogP contribution in [0.2, 0.25) is 0 Å². The summed E-state index contributed by atoms with van der Waals surface area (Å²) in [5.41, 5.74) is 5.29. The second kappa shape index (κ2) is 6.07. The van der Waals surface area contributed by atoms with Crippen LogP contribution in [0.4, 0.5) is 0 Å². The molecule has 1 aromatic rings. The van der Waals surface area contributed by atoms with E-state index in [0.717, 1.165) is 13.1 Å². The van der Waals surface area contributed by atoms with E-state index in [1.807, 2.05) is 13.1 Å². The number of amidine groups is 1. The number of nitrogens with one attached hydrogen (secondary N) is 1. The van der Waals surface area contributed by atoms with Gasteiger partial charge in [-0.1, -0.05) is 6.07 Å². The Kier molecular flexibility index (Phi) is 4.72. The van der Waals surface area contributed by atoms with Crippen LogP contribution in [0, 0.1) is 5.41 Å². The predicted octanol–water partition coefficient (Wildman–Crippen LogP) is 0.106. The highest BCUT2D eigenvalue weighted by atomic mass is 16.1. The first kappa shape index (κ1) is 12.4. The van der Waals surface area contributed by atoms with E-state index < -0.39 is 0 Å². The lowest BCUT2D eigenvalue weighted by atomic mass is 10.3. The molecule has 0 atom stereocenters. The fourth-order valence-electron chi connectivity index (χ4n) is 1.35. The molecule has 0 spiro atoms. The molecular weight excluding hydrogens is 204 g/mol. The van der Waals surface area contributed by atoms with Crippen molar-refractivity contribution < 1.29 is 0 Å². The molecule has 0 aliphatic rings. The molecule has 88 valence electrons. The molecule has 0 amide bonds. The molecule has 0 bridgehead atoms. The molecule has 0 saturated heterocycles. The summed E-state index contributed by atoms with van der Waals surface area (Å²) < 4.78 is 1.67. The second-order valence-corrected chi connectivity index (χ2v) is 3.81. The summed E-state index contributed by atoms with van der Waals surface area (Å²) in [5, 5.41) is 7.11. The van der Waals surface area contributed by atoms with Gasteiger partial charge in [-0.05, 0) is 13.1 Å². The van der Waals surface area contributed by atoms with Gasteiger partial charge in [0.25, 0.3) is 5.56 Å². The SMILES string of the molecule is CN(CCC(=N)N)CCn1ccccc1=O. The summed E-state index contributed by atoms with van der Waals surface area (Å²) in [5.74, 6) is 0.198. The predicted molar refractivity (Wildman–Crippen MR) is 64.7 cm³/mol. The van der Waals surface area contributed by atoms with Crippen LogP contribution in [0.3, 0.4) is 0 Å². The zero-order chi connectivity index (χ0) is 12.0. The molecule has 16 heavy (non-hydrogen) atoms. The van der Waals surface area contributed by atoms with Gasteiger partial charge >= 0.3 is 0 Å². The summed E-state index contributed by atoms with van der Waals surface area (Å²) in [6, 6.07) is 5.13. The van der Waals surface area contributed by atoms with Gasteiger partial charge in [0, 0.05) is 38.3 Å². The van der Waals surface area contributed by atoms with Crippen molar-refractivity contribution in [1.29, 1.82) is 5.41 Å². The molecule has 0 aliphatic carbocycles. The zero-order valence-electron chi connectivity index (χ0n) is 9.52. The van der Waals surface area contributed by atoms with E-state index in [9.17, 15) is 4.79 Å².